The van der Waals surface area contributed by atoms with Crippen molar-refractivity contribution in [3.8, 4) is 11.5 Å². The van der Waals surface area contributed by atoms with Gasteiger partial charge < -0.3 is 14.6 Å². The van der Waals surface area contributed by atoms with Gasteiger partial charge in [0.2, 0.25) is 11.8 Å². The molecular formula is C24H30N4O4S. The van der Waals surface area contributed by atoms with Crippen molar-refractivity contribution < 1.29 is 17.6 Å². The van der Waals surface area contributed by atoms with Gasteiger partial charge in [-0.3, -0.25) is 4.79 Å². The van der Waals surface area contributed by atoms with Gasteiger partial charge in [-0.1, -0.05) is 30.3 Å². The number of amides is 1. The van der Waals surface area contributed by atoms with Crippen molar-refractivity contribution in [1.82, 2.24) is 20.4 Å². The van der Waals surface area contributed by atoms with Crippen LogP contribution in [0.3, 0.4) is 0 Å². The summed E-state index contributed by atoms with van der Waals surface area (Å²) >= 11 is 0. The molecule has 1 aromatic heterocycles. The van der Waals surface area contributed by atoms with Gasteiger partial charge in [-0.15, -0.1) is 10.2 Å². The largest absolute Gasteiger partial charge is 0.420 e. The first-order chi connectivity index (χ1) is 15.8. The first kappa shape index (κ1) is 24.6. The normalized spacial score (nSPS) is 11.6. The zero-order chi connectivity index (χ0) is 23.7. The molecule has 0 aliphatic heterocycles. The van der Waals surface area contributed by atoms with Crippen LogP contribution >= 0.6 is 0 Å². The Labute approximate surface area is 194 Å². The molecule has 1 heterocycles. The molecule has 0 unspecified atom stereocenters. The number of nitrogens with one attached hydrogen (secondary N) is 1. The second-order valence-corrected chi connectivity index (χ2v) is 10.4. The number of aromatic nitrogens is 2. The van der Waals surface area contributed by atoms with Crippen LogP contribution < -0.4 is 5.32 Å². The highest BCUT2D eigenvalue weighted by Crippen LogP contribution is 2.20. The fraction of sp³-hybridized carbons (Fsp3) is 0.375. The van der Waals surface area contributed by atoms with Crippen molar-refractivity contribution in [2.24, 2.45) is 0 Å². The Bertz CT molecular complexity index is 1130. The number of sulfone groups is 1. The zero-order valence-corrected chi connectivity index (χ0v) is 19.8. The molecule has 0 radical (unpaired) electrons. The Morgan fingerprint density at radius 3 is 2.42 bits per heavy atom. The molecule has 2 aromatic carbocycles. The van der Waals surface area contributed by atoms with E-state index in [1.165, 1.54) is 0 Å². The lowest BCUT2D eigenvalue weighted by Gasteiger charge is -2.10. The van der Waals surface area contributed by atoms with E-state index in [0.717, 1.165) is 18.5 Å². The number of hydrogen-bond donors (Lipinski definition) is 1. The molecule has 33 heavy (non-hydrogen) atoms. The van der Waals surface area contributed by atoms with Gasteiger partial charge in [0.05, 0.1) is 5.75 Å². The minimum Gasteiger partial charge on any atom is -0.420 e. The van der Waals surface area contributed by atoms with Crippen LogP contribution in [0.25, 0.3) is 11.5 Å². The number of carbonyl (C=O) groups is 1. The van der Waals surface area contributed by atoms with Gasteiger partial charge in [0.15, 0.2) is 9.84 Å². The predicted molar refractivity (Wildman–Crippen MR) is 127 cm³/mol. The molecule has 0 atom stereocenters. The lowest BCUT2D eigenvalue weighted by atomic mass is 10.1. The lowest BCUT2D eigenvalue weighted by Crippen LogP contribution is -2.27. The van der Waals surface area contributed by atoms with E-state index in [2.05, 4.69) is 20.4 Å². The molecule has 8 nitrogen and oxygen atoms in total. The quantitative estimate of drug-likeness (QED) is 0.406. The average Bonchev–Trinajstić information content (AvgIpc) is 3.25. The van der Waals surface area contributed by atoms with E-state index >= 15 is 0 Å². The maximum Gasteiger partial charge on any atom is 0.251 e. The van der Waals surface area contributed by atoms with Gasteiger partial charge >= 0.3 is 0 Å². The van der Waals surface area contributed by atoms with Crippen molar-refractivity contribution in [3.05, 3.63) is 71.6 Å². The number of benzene rings is 2. The molecule has 3 aromatic rings. The van der Waals surface area contributed by atoms with E-state index < -0.39 is 9.84 Å². The summed E-state index contributed by atoms with van der Waals surface area (Å²) in [5.74, 6) is -0.0943. The molecule has 0 saturated heterocycles. The second kappa shape index (κ2) is 11.7. The zero-order valence-electron chi connectivity index (χ0n) is 19.0. The molecule has 176 valence electrons. The van der Waals surface area contributed by atoms with E-state index in [4.69, 9.17) is 4.42 Å². The maximum absolute atomic E-state index is 12.4. The summed E-state index contributed by atoms with van der Waals surface area (Å²) in [4.78, 5) is 14.3. The predicted octanol–water partition coefficient (Wildman–Crippen LogP) is 2.97. The van der Waals surface area contributed by atoms with Gasteiger partial charge in [-0.25, -0.2) is 8.42 Å². The molecule has 1 N–H and O–H groups in total. The SMILES string of the molecule is CN(C)CCCNC(=O)c1ccc(-c2nnc(CS(=O)(=O)CCCc3ccccc3)o2)cc1. The summed E-state index contributed by atoms with van der Waals surface area (Å²) in [5, 5.41) is 10.7. The number of nitrogens with zero attached hydrogens (tertiary/aromatic N) is 3. The summed E-state index contributed by atoms with van der Waals surface area (Å²) in [6.07, 6.45) is 2.10. The Morgan fingerprint density at radius 1 is 1.00 bits per heavy atom. The standard InChI is InChI=1S/C24H30N4O4S/c1-28(2)16-7-15-25-23(29)20-11-13-21(14-12-20)24-27-26-22(32-24)18-33(30,31)17-6-10-19-8-4-3-5-9-19/h3-5,8-9,11-14H,6-7,10,15-18H2,1-2H3,(H,25,29). The highest BCUT2D eigenvalue weighted by Gasteiger charge is 2.18. The van der Waals surface area contributed by atoms with Crippen LogP contribution in [0.2, 0.25) is 0 Å². The molecule has 0 aliphatic carbocycles. The van der Waals surface area contributed by atoms with Crippen LogP contribution in [0.4, 0.5) is 0 Å². The minimum absolute atomic E-state index is 0.0535. The van der Waals surface area contributed by atoms with E-state index in [1.54, 1.807) is 24.3 Å². The highest BCUT2D eigenvalue weighted by atomic mass is 32.2. The van der Waals surface area contributed by atoms with Crippen molar-refractivity contribution in [2.75, 3.05) is 32.9 Å². The molecule has 0 bridgehead atoms. The first-order valence-electron chi connectivity index (χ1n) is 10.9. The van der Waals surface area contributed by atoms with E-state index in [9.17, 15) is 13.2 Å². The van der Waals surface area contributed by atoms with Crippen LogP contribution in [-0.2, 0) is 22.0 Å². The number of rotatable bonds is 12. The van der Waals surface area contributed by atoms with Crippen molar-refractivity contribution >= 4 is 15.7 Å². The first-order valence-corrected chi connectivity index (χ1v) is 12.7. The van der Waals surface area contributed by atoms with Crippen LogP contribution in [-0.4, -0.2) is 62.4 Å². The van der Waals surface area contributed by atoms with Gasteiger partial charge in [0.25, 0.3) is 5.91 Å². The molecule has 0 saturated carbocycles. The van der Waals surface area contributed by atoms with Crippen LogP contribution in [0.15, 0.2) is 59.0 Å². The topological polar surface area (TPSA) is 105 Å². The van der Waals surface area contributed by atoms with E-state index in [-0.39, 0.29) is 29.2 Å². The molecule has 0 aliphatic rings. The summed E-state index contributed by atoms with van der Waals surface area (Å²) in [7, 11) is 0.622. The third-order valence-corrected chi connectivity index (χ3v) is 6.63. The molecule has 1 amide bonds. The minimum atomic E-state index is -3.36. The van der Waals surface area contributed by atoms with Crippen molar-refractivity contribution in [1.29, 1.82) is 0 Å². The lowest BCUT2D eigenvalue weighted by molar-refractivity contribution is 0.0952. The fourth-order valence-electron chi connectivity index (χ4n) is 3.29. The van der Waals surface area contributed by atoms with Crippen LogP contribution in [0.5, 0.6) is 0 Å². The molecule has 0 fully saturated rings. The Morgan fingerprint density at radius 2 is 1.73 bits per heavy atom. The molecular weight excluding hydrogens is 440 g/mol. The Hall–Kier alpha value is -3.04. The molecule has 0 spiro atoms. The van der Waals surface area contributed by atoms with E-state index in [1.807, 2.05) is 44.4 Å². The van der Waals surface area contributed by atoms with Crippen molar-refractivity contribution in [2.45, 2.75) is 25.0 Å². The fourth-order valence-corrected chi connectivity index (χ4v) is 4.51. The molecule has 9 heteroatoms. The van der Waals surface area contributed by atoms with Crippen molar-refractivity contribution in [3.63, 3.8) is 0 Å². The van der Waals surface area contributed by atoms with Crippen LogP contribution in [0, 0.1) is 0 Å². The highest BCUT2D eigenvalue weighted by molar-refractivity contribution is 7.90. The number of aryl methyl sites for hydroxylation is 1. The monoisotopic (exact) mass is 470 g/mol. The number of hydrogen-bond acceptors (Lipinski definition) is 7. The average molecular weight is 471 g/mol. The third-order valence-electron chi connectivity index (χ3n) is 5.04. The summed E-state index contributed by atoms with van der Waals surface area (Å²) in [5.41, 5.74) is 2.27. The number of carbonyl (C=O) groups excluding carboxylic acids is 1. The Kier molecular flexibility index (Phi) is 8.73. The summed E-state index contributed by atoms with van der Waals surface area (Å²) in [6.45, 7) is 1.51. The van der Waals surface area contributed by atoms with Gasteiger partial charge in [-0.2, -0.15) is 0 Å². The van der Waals surface area contributed by atoms with E-state index in [0.29, 0.717) is 30.5 Å². The Balaban J connectivity index is 1.51. The van der Waals surface area contributed by atoms with Gasteiger partial charge in [0.1, 0.15) is 5.75 Å². The smallest absolute Gasteiger partial charge is 0.251 e. The van der Waals surface area contributed by atoms with Gasteiger partial charge in [-0.05, 0) is 69.7 Å². The summed E-state index contributed by atoms with van der Waals surface area (Å²) < 4.78 is 30.4. The third kappa shape index (κ3) is 8.11. The van der Waals surface area contributed by atoms with Gasteiger partial charge in [0, 0.05) is 17.7 Å². The maximum atomic E-state index is 12.4. The molecule has 3 rings (SSSR count). The second-order valence-electron chi connectivity index (χ2n) is 8.17. The van der Waals surface area contributed by atoms with Crippen LogP contribution in [0.1, 0.15) is 34.7 Å². The summed E-state index contributed by atoms with van der Waals surface area (Å²) in [6, 6.07) is 16.6.